The smallest absolute Gasteiger partial charge is 0.408 e. The average Bonchev–Trinajstić information content (AvgIpc) is 2.45. The number of hydrogen-bond acceptors (Lipinski definition) is 3. The number of alkyl carbamates (subject to hydrolysis) is 1. The molecule has 0 spiro atoms. The van der Waals surface area contributed by atoms with Crippen LogP contribution in [0.25, 0.3) is 0 Å². The molecule has 0 saturated carbocycles. The van der Waals surface area contributed by atoms with E-state index in [1.807, 2.05) is 34.6 Å². The topological polar surface area (TPSA) is 62.7 Å². The Morgan fingerprint density at radius 3 is 2.16 bits per heavy atom. The van der Waals surface area contributed by atoms with Gasteiger partial charge in [0.2, 0.25) is 0 Å². The van der Waals surface area contributed by atoms with Gasteiger partial charge < -0.3 is 15.4 Å². The van der Waals surface area contributed by atoms with E-state index in [9.17, 15) is 4.79 Å². The van der Waals surface area contributed by atoms with Crippen molar-refractivity contribution in [3.05, 3.63) is 47.6 Å². The Bertz CT molecular complexity index is 584. The van der Waals surface area contributed by atoms with Gasteiger partial charge in [-0.05, 0) is 38.3 Å². The van der Waals surface area contributed by atoms with Crippen LogP contribution in [0.1, 0.15) is 34.6 Å². The number of carbonyl (C=O) groups is 1. The van der Waals surface area contributed by atoms with Crippen LogP contribution in [0, 0.1) is 5.92 Å². The first-order valence-electron chi connectivity index (χ1n) is 8.01. The Morgan fingerprint density at radius 2 is 1.76 bits per heavy atom. The van der Waals surface area contributed by atoms with Gasteiger partial charge in [-0.15, -0.1) is 0 Å². The molecule has 0 aromatic rings. The number of ether oxygens (including phenoxy) is 1. The summed E-state index contributed by atoms with van der Waals surface area (Å²) in [7, 11) is 1.65. The highest BCUT2D eigenvalue weighted by Gasteiger charge is 2.25. The molecule has 5 nitrogen and oxygen atoms in total. The van der Waals surface area contributed by atoms with Crippen molar-refractivity contribution in [2.75, 3.05) is 7.05 Å². The average molecular weight is 412 g/mol. The van der Waals surface area contributed by atoms with Crippen LogP contribution in [0.2, 0.25) is 0 Å². The third-order valence-electron chi connectivity index (χ3n) is 3.01. The summed E-state index contributed by atoms with van der Waals surface area (Å²) in [6.45, 7) is 21.1. The highest BCUT2D eigenvalue weighted by molar-refractivity contribution is 9.11. The van der Waals surface area contributed by atoms with Crippen molar-refractivity contribution in [1.29, 1.82) is 0 Å². The molecule has 0 fully saturated rings. The fraction of sp³-hybridized carbons (Fsp3) is 0.474. The van der Waals surface area contributed by atoms with Crippen LogP contribution >= 0.6 is 15.9 Å². The molecule has 2 N–H and O–H groups in total. The van der Waals surface area contributed by atoms with Gasteiger partial charge in [0.1, 0.15) is 11.4 Å². The second-order valence-electron chi connectivity index (χ2n) is 6.89. The first kappa shape index (κ1) is 23.2. The number of aliphatic imine (C=N–C) groups is 1. The lowest BCUT2D eigenvalue weighted by molar-refractivity contribution is 0.0508. The molecule has 0 aromatic heterocycles. The van der Waals surface area contributed by atoms with E-state index in [1.165, 1.54) is 0 Å². The first-order chi connectivity index (χ1) is 11.4. The molecule has 0 aliphatic heterocycles. The Balaban J connectivity index is 5.12. The lowest BCUT2D eigenvalue weighted by Crippen LogP contribution is -2.50. The van der Waals surface area contributed by atoms with Crippen molar-refractivity contribution in [2.24, 2.45) is 10.9 Å². The summed E-state index contributed by atoms with van der Waals surface area (Å²) in [5.41, 5.74) is 0.701. The number of rotatable bonds is 7. The van der Waals surface area contributed by atoms with Gasteiger partial charge in [-0.3, -0.25) is 4.99 Å². The molecule has 0 rings (SSSR count). The standard InChI is InChI=1S/C19H30BrN3O2/c1-12(2)16(23-18(24)25-19(6,7)8)17(21-9)22-15(5)13(3)10-11-14(4)20/h10-12,16H,3-5H2,1-2,6-9H3,(H,21,22)(H,23,24)/b11-10-. The quantitative estimate of drug-likeness (QED) is 0.362. The van der Waals surface area contributed by atoms with Crippen molar-refractivity contribution in [3.8, 4) is 0 Å². The van der Waals surface area contributed by atoms with Crippen molar-refractivity contribution >= 4 is 27.9 Å². The molecule has 1 atom stereocenters. The van der Waals surface area contributed by atoms with Crippen LogP contribution in [-0.2, 0) is 4.74 Å². The van der Waals surface area contributed by atoms with Gasteiger partial charge in [0, 0.05) is 17.2 Å². The third kappa shape index (κ3) is 9.92. The number of allylic oxidation sites excluding steroid dienone is 3. The molecule has 140 valence electrons. The molecule has 0 radical (unpaired) electrons. The summed E-state index contributed by atoms with van der Waals surface area (Å²) in [5, 5.41) is 5.98. The van der Waals surface area contributed by atoms with Crippen molar-refractivity contribution in [1.82, 2.24) is 10.6 Å². The summed E-state index contributed by atoms with van der Waals surface area (Å²) in [4.78, 5) is 16.4. The number of carbonyl (C=O) groups excluding carboxylic acids is 1. The van der Waals surface area contributed by atoms with Crippen LogP contribution < -0.4 is 10.6 Å². The molecular weight excluding hydrogens is 382 g/mol. The Morgan fingerprint density at radius 1 is 1.20 bits per heavy atom. The summed E-state index contributed by atoms with van der Waals surface area (Å²) < 4.78 is 6.07. The highest BCUT2D eigenvalue weighted by atomic mass is 79.9. The fourth-order valence-corrected chi connectivity index (χ4v) is 1.92. The van der Waals surface area contributed by atoms with Gasteiger partial charge in [-0.2, -0.15) is 0 Å². The molecule has 0 aromatic carbocycles. The summed E-state index contributed by atoms with van der Waals surface area (Å²) in [5.74, 6) is 0.677. The number of amidine groups is 1. The highest BCUT2D eigenvalue weighted by Crippen LogP contribution is 2.12. The fourth-order valence-electron chi connectivity index (χ4n) is 1.78. The maximum atomic E-state index is 12.1. The number of hydrogen-bond donors (Lipinski definition) is 2. The minimum atomic E-state index is -0.566. The first-order valence-corrected chi connectivity index (χ1v) is 8.80. The van der Waals surface area contributed by atoms with Gasteiger partial charge in [0.25, 0.3) is 0 Å². The minimum Gasteiger partial charge on any atom is -0.444 e. The lowest BCUT2D eigenvalue weighted by Gasteiger charge is -2.27. The normalized spacial score (nSPS) is 13.5. The molecular formula is C19H30BrN3O2. The van der Waals surface area contributed by atoms with Crippen LogP contribution in [0.3, 0.4) is 0 Å². The third-order valence-corrected chi connectivity index (χ3v) is 3.27. The maximum absolute atomic E-state index is 12.1. The zero-order valence-corrected chi connectivity index (χ0v) is 17.7. The van der Waals surface area contributed by atoms with Gasteiger partial charge in [0.15, 0.2) is 0 Å². The van der Waals surface area contributed by atoms with Gasteiger partial charge in [-0.1, -0.05) is 55.6 Å². The van der Waals surface area contributed by atoms with E-state index in [0.29, 0.717) is 17.1 Å². The van der Waals surface area contributed by atoms with Crippen molar-refractivity contribution in [3.63, 3.8) is 0 Å². The van der Waals surface area contributed by atoms with Crippen molar-refractivity contribution < 1.29 is 9.53 Å². The van der Waals surface area contributed by atoms with Gasteiger partial charge in [-0.25, -0.2) is 4.79 Å². The van der Waals surface area contributed by atoms with E-state index >= 15 is 0 Å². The lowest BCUT2D eigenvalue weighted by atomic mass is 10.0. The molecule has 1 unspecified atom stereocenters. The number of nitrogens with one attached hydrogen (secondary N) is 2. The van der Waals surface area contributed by atoms with Gasteiger partial charge >= 0.3 is 6.09 Å². The number of nitrogens with zero attached hydrogens (tertiary/aromatic N) is 1. The Hall–Kier alpha value is -1.82. The van der Waals surface area contributed by atoms with Crippen molar-refractivity contribution in [2.45, 2.75) is 46.3 Å². The number of halogens is 1. The summed E-state index contributed by atoms with van der Waals surface area (Å²) in [6, 6.07) is -0.348. The van der Waals surface area contributed by atoms with E-state index < -0.39 is 11.7 Å². The van der Waals surface area contributed by atoms with E-state index in [1.54, 1.807) is 19.2 Å². The number of amides is 1. The maximum Gasteiger partial charge on any atom is 0.408 e. The van der Waals surface area contributed by atoms with E-state index in [4.69, 9.17) is 4.74 Å². The van der Waals surface area contributed by atoms with E-state index in [2.05, 4.69) is 51.3 Å². The zero-order valence-electron chi connectivity index (χ0n) is 16.1. The van der Waals surface area contributed by atoms with E-state index in [-0.39, 0.29) is 12.0 Å². The van der Waals surface area contributed by atoms with Crippen LogP contribution in [0.4, 0.5) is 4.79 Å². The monoisotopic (exact) mass is 411 g/mol. The Kier molecular flexibility index (Phi) is 9.49. The molecule has 0 bridgehead atoms. The van der Waals surface area contributed by atoms with E-state index in [0.717, 1.165) is 4.48 Å². The summed E-state index contributed by atoms with van der Waals surface area (Å²) in [6.07, 6.45) is 3.07. The second kappa shape index (κ2) is 10.2. The largest absolute Gasteiger partial charge is 0.444 e. The van der Waals surface area contributed by atoms with Crippen LogP contribution in [0.5, 0.6) is 0 Å². The zero-order chi connectivity index (χ0) is 19.8. The SMILES string of the molecule is C=C(Br)/C=C\C(=C)C(=C)NC(=NC)C(NC(=O)OC(C)(C)C)C(C)C. The Labute approximate surface area is 160 Å². The van der Waals surface area contributed by atoms with Crippen LogP contribution in [0.15, 0.2) is 52.6 Å². The molecule has 25 heavy (non-hydrogen) atoms. The summed E-state index contributed by atoms with van der Waals surface area (Å²) >= 11 is 3.25. The molecule has 1 amide bonds. The van der Waals surface area contributed by atoms with Crippen LogP contribution in [-0.4, -0.2) is 30.6 Å². The second-order valence-corrected chi connectivity index (χ2v) is 7.90. The molecule has 0 saturated heterocycles. The predicted octanol–water partition coefficient (Wildman–Crippen LogP) is 4.69. The molecule has 0 aliphatic carbocycles. The predicted molar refractivity (Wildman–Crippen MR) is 110 cm³/mol. The minimum absolute atomic E-state index is 0.0950. The molecule has 6 heteroatoms. The molecule has 0 heterocycles. The molecule has 0 aliphatic rings. The van der Waals surface area contributed by atoms with Gasteiger partial charge in [0.05, 0.1) is 6.04 Å².